The molecule has 2 heterocycles. The predicted molar refractivity (Wildman–Crippen MR) is 73.7 cm³/mol. The van der Waals surface area contributed by atoms with Crippen molar-refractivity contribution in [1.82, 2.24) is 9.97 Å². The van der Waals surface area contributed by atoms with Crippen molar-refractivity contribution >= 4 is 17.2 Å². The standard InChI is InChI=1S/C13H17N3S/c1-8(2)10-11(12-9(3)5-6-17-12)15-7-16-13(10)14-4/h5-8H,1-4H3,(H,14,15,16). The maximum absolute atomic E-state index is 4.47. The Morgan fingerprint density at radius 1 is 1.29 bits per heavy atom. The van der Waals surface area contributed by atoms with Crippen molar-refractivity contribution in [2.45, 2.75) is 26.7 Å². The molecule has 1 N–H and O–H groups in total. The number of hydrogen-bond donors (Lipinski definition) is 1. The lowest BCUT2D eigenvalue weighted by molar-refractivity contribution is 0.852. The van der Waals surface area contributed by atoms with Crippen molar-refractivity contribution in [1.29, 1.82) is 0 Å². The van der Waals surface area contributed by atoms with Crippen LogP contribution in [0.5, 0.6) is 0 Å². The molecule has 0 saturated carbocycles. The van der Waals surface area contributed by atoms with Gasteiger partial charge in [0, 0.05) is 12.6 Å². The summed E-state index contributed by atoms with van der Waals surface area (Å²) in [5.41, 5.74) is 3.53. The van der Waals surface area contributed by atoms with Crippen molar-refractivity contribution in [3.63, 3.8) is 0 Å². The molecule has 0 amide bonds. The molecule has 0 spiro atoms. The van der Waals surface area contributed by atoms with Crippen LogP contribution in [-0.2, 0) is 0 Å². The summed E-state index contributed by atoms with van der Waals surface area (Å²) >= 11 is 1.74. The Bertz CT molecular complexity index is 517. The monoisotopic (exact) mass is 247 g/mol. The summed E-state index contributed by atoms with van der Waals surface area (Å²) < 4.78 is 0. The number of nitrogens with zero attached hydrogens (tertiary/aromatic N) is 2. The van der Waals surface area contributed by atoms with Crippen LogP contribution in [0, 0.1) is 6.92 Å². The van der Waals surface area contributed by atoms with Crippen molar-refractivity contribution in [3.05, 3.63) is 28.9 Å². The smallest absolute Gasteiger partial charge is 0.133 e. The molecule has 0 saturated heterocycles. The van der Waals surface area contributed by atoms with Gasteiger partial charge in [-0.05, 0) is 29.9 Å². The second-order valence-electron chi connectivity index (χ2n) is 4.32. The minimum atomic E-state index is 0.398. The number of aromatic nitrogens is 2. The first-order chi connectivity index (χ1) is 8.15. The molecule has 0 aliphatic rings. The summed E-state index contributed by atoms with van der Waals surface area (Å²) in [7, 11) is 1.90. The number of anilines is 1. The van der Waals surface area contributed by atoms with Crippen LogP contribution >= 0.6 is 11.3 Å². The average Bonchev–Trinajstić information content (AvgIpc) is 2.74. The molecule has 3 nitrogen and oxygen atoms in total. The first kappa shape index (κ1) is 12.0. The number of rotatable bonds is 3. The van der Waals surface area contributed by atoms with Gasteiger partial charge in [0.25, 0.3) is 0 Å². The molecule has 2 aromatic heterocycles. The molecule has 0 radical (unpaired) electrons. The third-order valence-corrected chi connectivity index (χ3v) is 3.80. The van der Waals surface area contributed by atoms with E-state index in [1.165, 1.54) is 16.0 Å². The van der Waals surface area contributed by atoms with Gasteiger partial charge in [0.15, 0.2) is 0 Å². The molecule has 2 rings (SSSR count). The first-order valence-electron chi connectivity index (χ1n) is 5.72. The number of nitrogens with one attached hydrogen (secondary N) is 1. The molecule has 0 bridgehead atoms. The second kappa shape index (κ2) is 4.84. The van der Waals surface area contributed by atoms with E-state index < -0.39 is 0 Å². The van der Waals surface area contributed by atoms with Crippen molar-refractivity contribution in [3.8, 4) is 10.6 Å². The van der Waals surface area contributed by atoms with E-state index in [4.69, 9.17) is 0 Å². The third-order valence-electron chi connectivity index (χ3n) is 2.78. The van der Waals surface area contributed by atoms with E-state index in [9.17, 15) is 0 Å². The fraction of sp³-hybridized carbons (Fsp3) is 0.385. The number of hydrogen-bond acceptors (Lipinski definition) is 4. The van der Waals surface area contributed by atoms with Gasteiger partial charge >= 0.3 is 0 Å². The fourth-order valence-electron chi connectivity index (χ4n) is 1.94. The van der Waals surface area contributed by atoms with Gasteiger partial charge in [-0.15, -0.1) is 11.3 Å². The Labute approximate surface area is 106 Å². The van der Waals surface area contributed by atoms with Gasteiger partial charge in [0.05, 0.1) is 10.6 Å². The number of thiophene rings is 1. The summed E-state index contributed by atoms with van der Waals surface area (Å²) in [4.78, 5) is 10.0. The van der Waals surface area contributed by atoms with Crippen LogP contribution in [0.1, 0.15) is 30.9 Å². The van der Waals surface area contributed by atoms with Gasteiger partial charge < -0.3 is 5.32 Å². The highest BCUT2D eigenvalue weighted by atomic mass is 32.1. The maximum atomic E-state index is 4.47. The van der Waals surface area contributed by atoms with Crippen LogP contribution in [0.15, 0.2) is 17.8 Å². The zero-order valence-electron chi connectivity index (χ0n) is 10.6. The Hall–Kier alpha value is -1.42. The predicted octanol–water partition coefficient (Wildman–Crippen LogP) is 3.68. The Morgan fingerprint density at radius 3 is 2.59 bits per heavy atom. The van der Waals surface area contributed by atoms with Crippen LogP contribution < -0.4 is 5.32 Å². The summed E-state index contributed by atoms with van der Waals surface area (Å²) in [5.74, 6) is 1.33. The van der Waals surface area contributed by atoms with Crippen molar-refractivity contribution in [2.75, 3.05) is 12.4 Å². The molecule has 0 aliphatic carbocycles. The van der Waals surface area contributed by atoms with E-state index in [-0.39, 0.29) is 0 Å². The second-order valence-corrected chi connectivity index (χ2v) is 5.24. The van der Waals surface area contributed by atoms with Crippen LogP contribution in [0.25, 0.3) is 10.6 Å². The minimum absolute atomic E-state index is 0.398. The van der Waals surface area contributed by atoms with E-state index in [0.29, 0.717) is 5.92 Å². The van der Waals surface area contributed by atoms with E-state index in [1.807, 2.05) is 7.05 Å². The summed E-state index contributed by atoms with van der Waals surface area (Å²) in [6.07, 6.45) is 1.63. The summed E-state index contributed by atoms with van der Waals surface area (Å²) in [5, 5.41) is 5.26. The van der Waals surface area contributed by atoms with Gasteiger partial charge in [-0.3, -0.25) is 0 Å². The average molecular weight is 247 g/mol. The summed E-state index contributed by atoms with van der Waals surface area (Å²) in [6, 6.07) is 2.13. The van der Waals surface area contributed by atoms with Crippen molar-refractivity contribution in [2.24, 2.45) is 0 Å². The Balaban J connectivity index is 2.65. The molecule has 0 atom stereocenters. The molecule has 90 valence electrons. The van der Waals surface area contributed by atoms with Crippen molar-refractivity contribution < 1.29 is 0 Å². The van der Waals surface area contributed by atoms with Crippen LogP contribution in [0.3, 0.4) is 0 Å². The van der Waals surface area contributed by atoms with E-state index in [2.05, 4.69) is 47.5 Å². The van der Waals surface area contributed by atoms with Gasteiger partial charge in [0.2, 0.25) is 0 Å². The van der Waals surface area contributed by atoms with Crippen LogP contribution in [-0.4, -0.2) is 17.0 Å². The summed E-state index contributed by atoms with van der Waals surface area (Å²) in [6.45, 7) is 6.47. The molecule has 0 aliphatic heterocycles. The molecular formula is C13H17N3S. The van der Waals surface area contributed by atoms with Gasteiger partial charge in [-0.1, -0.05) is 13.8 Å². The highest BCUT2D eigenvalue weighted by Crippen LogP contribution is 2.35. The lowest BCUT2D eigenvalue weighted by Crippen LogP contribution is -2.04. The molecule has 0 fully saturated rings. The molecule has 2 aromatic rings. The largest absolute Gasteiger partial charge is 0.373 e. The molecular weight excluding hydrogens is 230 g/mol. The lowest BCUT2D eigenvalue weighted by atomic mass is 10.00. The van der Waals surface area contributed by atoms with Gasteiger partial charge in [-0.25, -0.2) is 9.97 Å². The van der Waals surface area contributed by atoms with E-state index in [0.717, 1.165) is 11.5 Å². The van der Waals surface area contributed by atoms with E-state index >= 15 is 0 Å². The molecule has 4 heteroatoms. The zero-order chi connectivity index (χ0) is 12.4. The fourth-order valence-corrected chi connectivity index (χ4v) is 2.87. The number of aryl methyl sites for hydroxylation is 1. The Kier molecular flexibility index (Phi) is 3.43. The third kappa shape index (κ3) is 2.17. The first-order valence-corrected chi connectivity index (χ1v) is 6.60. The Morgan fingerprint density at radius 2 is 2.06 bits per heavy atom. The van der Waals surface area contributed by atoms with Crippen LogP contribution in [0.4, 0.5) is 5.82 Å². The minimum Gasteiger partial charge on any atom is -0.373 e. The van der Waals surface area contributed by atoms with Gasteiger partial charge in [-0.2, -0.15) is 0 Å². The van der Waals surface area contributed by atoms with Crippen LogP contribution in [0.2, 0.25) is 0 Å². The quantitative estimate of drug-likeness (QED) is 0.899. The van der Waals surface area contributed by atoms with Gasteiger partial charge in [0.1, 0.15) is 12.1 Å². The normalized spacial score (nSPS) is 10.9. The van der Waals surface area contributed by atoms with E-state index in [1.54, 1.807) is 17.7 Å². The topological polar surface area (TPSA) is 37.8 Å². The molecule has 0 aromatic carbocycles. The lowest BCUT2D eigenvalue weighted by Gasteiger charge is -2.15. The maximum Gasteiger partial charge on any atom is 0.133 e. The highest BCUT2D eigenvalue weighted by molar-refractivity contribution is 7.13. The molecule has 17 heavy (non-hydrogen) atoms. The zero-order valence-corrected chi connectivity index (χ0v) is 11.4. The molecule has 0 unspecified atom stereocenters. The SMILES string of the molecule is CNc1ncnc(-c2sccc2C)c1C(C)C. The highest BCUT2D eigenvalue weighted by Gasteiger charge is 2.17.